The van der Waals surface area contributed by atoms with Crippen LogP contribution in [-0.2, 0) is 14.5 Å². The van der Waals surface area contributed by atoms with Gasteiger partial charge in [-0.2, -0.15) is 0 Å². The molecular weight excluding hydrogens is 300 g/mol. The summed E-state index contributed by atoms with van der Waals surface area (Å²) in [7, 11) is 0. The highest BCUT2D eigenvalue weighted by Gasteiger charge is 2.33. The Hall–Kier alpha value is -0.120. The maximum Gasteiger partial charge on any atom is 0.201 e. The minimum Gasteiger partial charge on any atom is -0.347 e. The van der Waals surface area contributed by atoms with E-state index in [-0.39, 0.29) is 0 Å². The molecule has 1 unspecified atom stereocenters. The molecule has 1 aliphatic rings. The molecule has 0 amide bonds. The molecule has 0 aliphatic carbocycles. The molecule has 0 aromatic carbocycles. The van der Waals surface area contributed by atoms with Gasteiger partial charge < -0.3 is 4.74 Å². The van der Waals surface area contributed by atoms with Crippen LogP contribution in [0.4, 0.5) is 0 Å². The van der Waals surface area contributed by atoms with E-state index >= 15 is 0 Å². The Morgan fingerprint density at radius 1 is 0.625 bits per heavy atom. The van der Waals surface area contributed by atoms with Gasteiger partial charge in [-0.05, 0) is 25.7 Å². The number of hydrogen-bond donors (Lipinski definition) is 0. The van der Waals surface area contributed by atoms with Crippen molar-refractivity contribution in [2.45, 2.75) is 122 Å². The predicted octanol–water partition coefficient (Wildman–Crippen LogP) is 6.94. The molecule has 1 atom stereocenters. The van der Waals surface area contributed by atoms with Crippen LogP contribution >= 0.6 is 0 Å². The maximum absolute atomic E-state index is 6.31. The molecule has 1 heterocycles. The fourth-order valence-corrected chi connectivity index (χ4v) is 3.40. The zero-order chi connectivity index (χ0) is 17.3. The number of hydrogen-bond acceptors (Lipinski definition) is 3. The summed E-state index contributed by atoms with van der Waals surface area (Å²) in [6.07, 6.45) is 19.4. The fraction of sp³-hybridized carbons (Fsp3) is 1.00. The first kappa shape index (κ1) is 21.9. The molecule has 1 aliphatic heterocycles. The van der Waals surface area contributed by atoms with E-state index in [2.05, 4.69) is 13.8 Å². The first-order valence-electron chi connectivity index (χ1n) is 10.8. The third kappa shape index (κ3) is 10.7. The van der Waals surface area contributed by atoms with Crippen LogP contribution in [0.25, 0.3) is 0 Å². The smallest absolute Gasteiger partial charge is 0.201 e. The Morgan fingerprint density at radius 2 is 1.17 bits per heavy atom. The van der Waals surface area contributed by atoms with Crippen molar-refractivity contribution in [2.75, 3.05) is 13.2 Å². The van der Waals surface area contributed by atoms with Crippen molar-refractivity contribution in [1.29, 1.82) is 0 Å². The minimum absolute atomic E-state index is 0.499. The van der Waals surface area contributed by atoms with Gasteiger partial charge in [0.25, 0.3) is 0 Å². The van der Waals surface area contributed by atoms with Crippen LogP contribution in [-0.4, -0.2) is 19.0 Å². The summed E-state index contributed by atoms with van der Waals surface area (Å²) in [5, 5.41) is 0. The van der Waals surface area contributed by atoms with Crippen LogP contribution in [0.5, 0.6) is 0 Å². The molecule has 0 bridgehead atoms. The first-order chi connectivity index (χ1) is 11.8. The van der Waals surface area contributed by atoms with Crippen LogP contribution in [0.3, 0.4) is 0 Å². The molecule has 1 saturated heterocycles. The summed E-state index contributed by atoms with van der Waals surface area (Å²) in [4.78, 5) is 11.5. The molecular formula is C21H42O3. The minimum atomic E-state index is -0.499. The average Bonchev–Trinajstić information content (AvgIpc) is 2.58. The van der Waals surface area contributed by atoms with E-state index in [1.807, 2.05) is 0 Å². The molecule has 3 nitrogen and oxygen atoms in total. The van der Waals surface area contributed by atoms with E-state index in [1.54, 1.807) is 0 Å². The van der Waals surface area contributed by atoms with Gasteiger partial charge >= 0.3 is 0 Å². The SMILES string of the molecule is CCCCCCCC1(CCCCC)OCCCCCCCCOO1. The second-order valence-corrected chi connectivity index (χ2v) is 7.41. The van der Waals surface area contributed by atoms with E-state index in [1.165, 1.54) is 70.6 Å². The topological polar surface area (TPSA) is 27.7 Å². The van der Waals surface area contributed by atoms with Crippen LogP contribution in [0.2, 0.25) is 0 Å². The number of unbranched alkanes of at least 4 members (excludes halogenated alkanes) is 6. The molecule has 1 fully saturated rings. The van der Waals surface area contributed by atoms with E-state index in [0.29, 0.717) is 6.61 Å². The van der Waals surface area contributed by atoms with E-state index in [4.69, 9.17) is 14.5 Å². The summed E-state index contributed by atoms with van der Waals surface area (Å²) >= 11 is 0. The van der Waals surface area contributed by atoms with Gasteiger partial charge in [0.15, 0.2) is 0 Å². The molecule has 3 heteroatoms. The largest absolute Gasteiger partial charge is 0.347 e. The third-order valence-corrected chi connectivity index (χ3v) is 5.02. The molecule has 0 aromatic heterocycles. The second kappa shape index (κ2) is 15.2. The molecule has 144 valence electrons. The van der Waals surface area contributed by atoms with Crippen molar-refractivity contribution in [3.05, 3.63) is 0 Å². The molecule has 0 spiro atoms. The van der Waals surface area contributed by atoms with E-state index in [9.17, 15) is 0 Å². The molecule has 0 aromatic rings. The summed E-state index contributed by atoms with van der Waals surface area (Å²) in [5.74, 6) is -0.499. The molecule has 0 saturated carbocycles. The van der Waals surface area contributed by atoms with Crippen molar-refractivity contribution < 1.29 is 14.5 Å². The van der Waals surface area contributed by atoms with Crippen LogP contribution in [0.1, 0.15) is 117 Å². The Kier molecular flexibility index (Phi) is 13.8. The van der Waals surface area contributed by atoms with E-state index < -0.39 is 5.79 Å². The fourth-order valence-electron chi connectivity index (χ4n) is 3.40. The Bertz CT molecular complexity index is 256. The third-order valence-electron chi connectivity index (χ3n) is 5.02. The quantitative estimate of drug-likeness (QED) is 0.318. The Labute approximate surface area is 150 Å². The standard InChI is InChI=1S/C21H42O3/c1-3-5-7-10-14-18-21(17-13-6-4-2)22-19-15-11-8-9-12-16-20-23-24-21/h3-20H2,1-2H3. The van der Waals surface area contributed by atoms with Crippen molar-refractivity contribution in [1.82, 2.24) is 0 Å². The lowest BCUT2D eigenvalue weighted by molar-refractivity contribution is -0.434. The highest BCUT2D eigenvalue weighted by atomic mass is 17.2. The normalized spacial score (nSPS) is 24.2. The van der Waals surface area contributed by atoms with Crippen molar-refractivity contribution >= 4 is 0 Å². The Balaban J connectivity index is 2.53. The molecule has 1 rings (SSSR count). The lowest BCUT2D eigenvalue weighted by Gasteiger charge is -2.33. The molecule has 0 radical (unpaired) electrons. The first-order valence-corrected chi connectivity index (χ1v) is 10.8. The summed E-state index contributed by atoms with van der Waals surface area (Å²) in [5.41, 5.74) is 0. The molecule has 24 heavy (non-hydrogen) atoms. The number of rotatable bonds is 10. The van der Waals surface area contributed by atoms with Gasteiger partial charge in [0.2, 0.25) is 5.79 Å². The van der Waals surface area contributed by atoms with Gasteiger partial charge in [0, 0.05) is 12.8 Å². The summed E-state index contributed by atoms with van der Waals surface area (Å²) in [6, 6.07) is 0. The van der Waals surface area contributed by atoms with Gasteiger partial charge in [-0.15, -0.1) is 0 Å². The lowest BCUT2D eigenvalue weighted by Crippen LogP contribution is -2.37. The highest BCUT2D eigenvalue weighted by Crippen LogP contribution is 2.30. The van der Waals surface area contributed by atoms with Gasteiger partial charge in [-0.25, -0.2) is 9.78 Å². The van der Waals surface area contributed by atoms with Crippen molar-refractivity contribution in [2.24, 2.45) is 0 Å². The predicted molar refractivity (Wildman–Crippen MR) is 101 cm³/mol. The van der Waals surface area contributed by atoms with Gasteiger partial charge in [0.05, 0.1) is 13.2 Å². The average molecular weight is 343 g/mol. The van der Waals surface area contributed by atoms with Crippen molar-refractivity contribution in [3.8, 4) is 0 Å². The van der Waals surface area contributed by atoms with Crippen LogP contribution < -0.4 is 0 Å². The monoisotopic (exact) mass is 342 g/mol. The van der Waals surface area contributed by atoms with Gasteiger partial charge in [-0.3, -0.25) is 0 Å². The van der Waals surface area contributed by atoms with E-state index in [0.717, 1.165) is 38.7 Å². The zero-order valence-electron chi connectivity index (χ0n) is 16.5. The highest BCUT2D eigenvalue weighted by molar-refractivity contribution is 4.70. The summed E-state index contributed by atoms with van der Waals surface area (Å²) in [6.45, 7) is 6.02. The number of ether oxygens (including phenoxy) is 1. The maximum atomic E-state index is 6.31. The van der Waals surface area contributed by atoms with Crippen LogP contribution in [0, 0.1) is 0 Å². The van der Waals surface area contributed by atoms with Crippen molar-refractivity contribution in [3.63, 3.8) is 0 Å². The Morgan fingerprint density at radius 3 is 1.88 bits per heavy atom. The van der Waals surface area contributed by atoms with Gasteiger partial charge in [0.1, 0.15) is 0 Å². The zero-order valence-corrected chi connectivity index (χ0v) is 16.5. The lowest BCUT2D eigenvalue weighted by atomic mass is 10.00. The molecule has 0 N–H and O–H groups in total. The summed E-state index contributed by atoms with van der Waals surface area (Å²) < 4.78 is 6.31. The second-order valence-electron chi connectivity index (χ2n) is 7.41. The van der Waals surface area contributed by atoms with Gasteiger partial charge in [-0.1, -0.05) is 78.1 Å². The van der Waals surface area contributed by atoms with Crippen LogP contribution in [0.15, 0.2) is 0 Å².